The van der Waals surface area contributed by atoms with Crippen molar-refractivity contribution in [3.05, 3.63) is 71.3 Å². The Hall–Kier alpha value is -2.09. The van der Waals surface area contributed by atoms with Gasteiger partial charge < -0.3 is 5.32 Å². The second-order valence-corrected chi connectivity index (χ2v) is 5.14. The SMILES string of the molecule is CC(c1ccccc1)C1Cc2ccccc2C(=O)N1. The highest BCUT2D eigenvalue weighted by Crippen LogP contribution is 2.26. The molecule has 0 bridgehead atoms. The Bertz CT molecular complexity index is 591. The lowest BCUT2D eigenvalue weighted by Crippen LogP contribution is -2.44. The maximum absolute atomic E-state index is 12.1. The Morgan fingerprint density at radius 2 is 1.74 bits per heavy atom. The van der Waals surface area contributed by atoms with E-state index in [4.69, 9.17) is 0 Å². The van der Waals surface area contributed by atoms with Crippen LogP contribution in [0.2, 0.25) is 0 Å². The summed E-state index contributed by atoms with van der Waals surface area (Å²) in [6, 6.07) is 18.4. The molecule has 1 N–H and O–H groups in total. The number of amides is 1. The van der Waals surface area contributed by atoms with Crippen molar-refractivity contribution >= 4 is 5.91 Å². The van der Waals surface area contributed by atoms with Crippen LogP contribution in [0.25, 0.3) is 0 Å². The van der Waals surface area contributed by atoms with Gasteiger partial charge in [0.2, 0.25) is 0 Å². The number of carbonyl (C=O) groups is 1. The van der Waals surface area contributed by atoms with Crippen molar-refractivity contribution in [2.75, 3.05) is 0 Å². The second-order valence-electron chi connectivity index (χ2n) is 5.14. The van der Waals surface area contributed by atoms with Crippen molar-refractivity contribution in [3.63, 3.8) is 0 Å². The molecule has 1 aliphatic rings. The summed E-state index contributed by atoms with van der Waals surface area (Å²) in [5.41, 5.74) is 3.24. The standard InChI is InChI=1S/C17H17NO/c1-12(13-7-3-2-4-8-13)16-11-14-9-5-6-10-15(14)17(19)18-16/h2-10,12,16H,11H2,1H3,(H,18,19). The van der Waals surface area contributed by atoms with Crippen LogP contribution in [0.1, 0.15) is 34.3 Å². The van der Waals surface area contributed by atoms with Crippen LogP contribution in [0.4, 0.5) is 0 Å². The van der Waals surface area contributed by atoms with Crippen molar-refractivity contribution in [2.24, 2.45) is 0 Å². The number of carbonyl (C=O) groups excluding carboxylic acids is 1. The minimum Gasteiger partial charge on any atom is -0.348 e. The number of hydrogen-bond donors (Lipinski definition) is 1. The number of hydrogen-bond acceptors (Lipinski definition) is 1. The topological polar surface area (TPSA) is 29.1 Å². The molecule has 96 valence electrons. The van der Waals surface area contributed by atoms with Crippen LogP contribution in [0, 0.1) is 0 Å². The van der Waals surface area contributed by atoms with Crippen molar-refractivity contribution in [2.45, 2.75) is 25.3 Å². The van der Waals surface area contributed by atoms with Gasteiger partial charge in [0, 0.05) is 17.5 Å². The number of benzene rings is 2. The largest absolute Gasteiger partial charge is 0.348 e. The predicted octanol–water partition coefficient (Wildman–Crippen LogP) is 3.14. The average Bonchev–Trinajstić information content (AvgIpc) is 2.47. The maximum Gasteiger partial charge on any atom is 0.251 e. The summed E-state index contributed by atoms with van der Waals surface area (Å²) in [6.45, 7) is 2.17. The van der Waals surface area contributed by atoms with Crippen LogP contribution in [-0.2, 0) is 6.42 Å². The van der Waals surface area contributed by atoms with E-state index in [1.165, 1.54) is 5.56 Å². The van der Waals surface area contributed by atoms with Crippen molar-refractivity contribution < 1.29 is 4.79 Å². The van der Waals surface area contributed by atoms with Crippen LogP contribution >= 0.6 is 0 Å². The molecule has 0 aliphatic carbocycles. The highest BCUT2D eigenvalue weighted by Gasteiger charge is 2.28. The minimum atomic E-state index is 0.0506. The highest BCUT2D eigenvalue weighted by molar-refractivity contribution is 5.97. The van der Waals surface area contributed by atoms with Gasteiger partial charge in [0.1, 0.15) is 0 Å². The minimum absolute atomic E-state index is 0.0506. The Morgan fingerprint density at radius 1 is 1.05 bits per heavy atom. The number of nitrogens with one attached hydrogen (secondary N) is 1. The molecule has 2 aromatic carbocycles. The van der Waals surface area contributed by atoms with Gasteiger partial charge in [-0.2, -0.15) is 0 Å². The first-order chi connectivity index (χ1) is 9.25. The third-order valence-corrected chi connectivity index (χ3v) is 3.95. The van der Waals surface area contributed by atoms with Crippen LogP contribution in [0.3, 0.4) is 0 Å². The molecule has 2 nitrogen and oxygen atoms in total. The summed E-state index contributed by atoms with van der Waals surface area (Å²) in [5, 5.41) is 3.13. The van der Waals surface area contributed by atoms with E-state index in [1.807, 2.05) is 36.4 Å². The molecular formula is C17H17NO. The van der Waals surface area contributed by atoms with Gasteiger partial charge in [0.15, 0.2) is 0 Å². The Morgan fingerprint density at radius 3 is 2.53 bits per heavy atom. The van der Waals surface area contributed by atoms with E-state index >= 15 is 0 Å². The van der Waals surface area contributed by atoms with Gasteiger partial charge in [-0.15, -0.1) is 0 Å². The lowest BCUT2D eigenvalue weighted by atomic mass is 9.85. The molecule has 0 saturated carbocycles. The Balaban J connectivity index is 1.87. The number of fused-ring (bicyclic) bond motifs is 1. The fraction of sp³-hybridized carbons (Fsp3) is 0.235. The fourth-order valence-electron chi connectivity index (χ4n) is 2.74. The molecule has 0 aromatic heterocycles. The third kappa shape index (κ3) is 2.26. The Kier molecular flexibility index (Phi) is 3.08. The van der Waals surface area contributed by atoms with Gasteiger partial charge in [0.25, 0.3) is 5.91 Å². The van der Waals surface area contributed by atoms with E-state index in [0.29, 0.717) is 5.92 Å². The first-order valence-corrected chi connectivity index (χ1v) is 6.69. The lowest BCUT2D eigenvalue weighted by molar-refractivity contribution is 0.0919. The third-order valence-electron chi connectivity index (χ3n) is 3.95. The molecule has 0 spiro atoms. The quantitative estimate of drug-likeness (QED) is 0.873. The van der Waals surface area contributed by atoms with E-state index in [1.54, 1.807) is 0 Å². The van der Waals surface area contributed by atoms with E-state index in [-0.39, 0.29) is 11.9 Å². The molecule has 2 aromatic rings. The first kappa shape index (κ1) is 12.0. The van der Waals surface area contributed by atoms with Crippen LogP contribution in [-0.4, -0.2) is 11.9 Å². The van der Waals surface area contributed by atoms with Gasteiger partial charge in [-0.1, -0.05) is 55.5 Å². The van der Waals surface area contributed by atoms with Gasteiger partial charge >= 0.3 is 0 Å². The average molecular weight is 251 g/mol. The smallest absolute Gasteiger partial charge is 0.251 e. The van der Waals surface area contributed by atoms with Crippen molar-refractivity contribution in [1.82, 2.24) is 5.32 Å². The molecule has 0 radical (unpaired) electrons. The zero-order chi connectivity index (χ0) is 13.2. The Labute approximate surface area is 113 Å². The molecule has 1 amide bonds. The molecular weight excluding hydrogens is 234 g/mol. The van der Waals surface area contributed by atoms with E-state index in [0.717, 1.165) is 17.5 Å². The van der Waals surface area contributed by atoms with Gasteiger partial charge in [-0.25, -0.2) is 0 Å². The van der Waals surface area contributed by atoms with Crippen LogP contribution in [0.5, 0.6) is 0 Å². The summed E-state index contributed by atoms with van der Waals surface area (Å²) in [6.07, 6.45) is 0.901. The zero-order valence-electron chi connectivity index (χ0n) is 11.0. The molecule has 2 atom stereocenters. The van der Waals surface area contributed by atoms with E-state index in [2.05, 4.69) is 30.4 Å². The van der Waals surface area contributed by atoms with Crippen molar-refractivity contribution in [1.29, 1.82) is 0 Å². The normalized spacial score (nSPS) is 19.4. The summed E-state index contributed by atoms with van der Waals surface area (Å²) < 4.78 is 0. The summed E-state index contributed by atoms with van der Waals surface area (Å²) in [5.74, 6) is 0.369. The summed E-state index contributed by atoms with van der Waals surface area (Å²) in [4.78, 5) is 12.1. The molecule has 2 unspecified atom stereocenters. The summed E-state index contributed by atoms with van der Waals surface area (Å²) >= 11 is 0. The maximum atomic E-state index is 12.1. The summed E-state index contributed by atoms with van der Waals surface area (Å²) in [7, 11) is 0. The van der Waals surface area contributed by atoms with Gasteiger partial charge in [-0.3, -0.25) is 4.79 Å². The van der Waals surface area contributed by atoms with Gasteiger partial charge in [-0.05, 0) is 23.6 Å². The fourth-order valence-corrected chi connectivity index (χ4v) is 2.74. The molecule has 1 heterocycles. The highest BCUT2D eigenvalue weighted by atomic mass is 16.1. The molecule has 2 heteroatoms. The predicted molar refractivity (Wildman–Crippen MR) is 76.3 cm³/mol. The molecule has 1 aliphatic heterocycles. The van der Waals surface area contributed by atoms with Crippen LogP contribution in [0.15, 0.2) is 54.6 Å². The monoisotopic (exact) mass is 251 g/mol. The van der Waals surface area contributed by atoms with E-state index in [9.17, 15) is 4.79 Å². The first-order valence-electron chi connectivity index (χ1n) is 6.69. The molecule has 19 heavy (non-hydrogen) atoms. The van der Waals surface area contributed by atoms with Crippen molar-refractivity contribution in [3.8, 4) is 0 Å². The lowest BCUT2D eigenvalue weighted by Gasteiger charge is -2.30. The molecule has 0 saturated heterocycles. The molecule has 3 rings (SSSR count). The van der Waals surface area contributed by atoms with E-state index < -0.39 is 0 Å². The zero-order valence-corrected chi connectivity index (χ0v) is 11.0. The second kappa shape index (κ2) is 4.88. The number of rotatable bonds is 2. The van der Waals surface area contributed by atoms with Crippen LogP contribution < -0.4 is 5.32 Å². The molecule has 0 fully saturated rings. The van der Waals surface area contributed by atoms with Gasteiger partial charge in [0.05, 0.1) is 0 Å².